The molecular formula is C29H25FN2O5S. The Bertz CT molecular complexity index is 1420. The quantitative estimate of drug-likeness (QED) is 0.193. The average molecular weight is 533 g/mol. The standard InChI is InChI=1S/C29H25FN2O5S/c1-2-3-14-37-28(36)21-10-8-20(9-11-21)19-6-4-18(5-7-19)15-25-27(35)32-29(38-25)31-23-13-12-22(16-26(33)34)24(30)17-23/h4-13,15,17H,2-3,14,16H2,1H3,(H,33,34)(H,31,32,35). The number of nitrogens with one attached hydrogen (secondary N) is 1. The predicted octanol–water partition coefficient (Wildman–Crippen LogP) is 6.16. The Morgan fingerprint density at radius 1 is 1.05 bits per heavy atom. The van der Waals surface area contributed by atoms with Gasteiger partial charge >= 0.3 is 11.9 Å². The molecule has 1 heterocycles. The Balaban J connectivity index is 1.37. The van der Waals surface area contributed by atoms with Crippen molar-refractivity contribution in [1.82, 2.24) is 0 Å². The molecule has 0 bridgehead atoms. The maximum atomic E-state index is 14.1. The molecule has 1 aliphatic heterocycles. The minimum atomic E-state index is -1.12. The van der Waals surface area contributed by atoms with E-state index in [9.17, 15) is 18.8 Å². The molecule has 2 N–H and O–H groups in total. The van der Waals surface area contributed by atoms with Gasteiger partial charge < -0.3 is 15.2 Å². The Labute approximate surface area is 223 Å². The van der Waals surface area contributed by atoms with E-state index >= 15 is 0 Å². The maximum absolute atomic E-state index is 14.1. The second-order valence-electron chi connectivity index (χ2n) is 8.52. The summed E-state index contributed by atoms with van der Waals surface area (Å²) in [6, 6.07) is 18.9. The Morgan fingerprint density at radius 2 is 1.74 bits per heavy atom. The molecule has 0 spiro atoms. The first kappa shape index (κ1) is 26.8. The van der Waals surface area contributed by atoms with Crippen molar-refractivity contribution in [2.75, 3.05) is 11.9 Å². The van der Waals surface area contributed by atoms with Gasteiger partial charge in [0.1, 0.15) is 5.82 Å². The number of thioether (sulfide) groups is 1. The minimum Gasteiger partial charge on any atom is -0.481 e. The normalized spacial score (nSPS) is 13.9. The molecule has 38 heavy (non-hydrogen) atoms. The lowest BCUT2D eigenvalue weighted by atomic mass is 10.0. The highest BCUT2D eigenvalue weighted by atomic mass is 32.2. The molecule has 0 fully saturated rings. The number of anilines is 1. The summed E-state index contributed by atoms with van der Waals surface area (Å²) in [6.07, 6.45) is 3.11. The van der Waals surface area contributed by atoms with Crippen LogP contribution in [0.15, 0.2) is 76.6 Å². The number of carbonyl (C=O) groups excluding carboxylic acids is 2. The summed E-state index contributed by atoms with van der Waals surface area (Å²) in [5.74, 6) is -2.51. The van der Waals surface area contributed by atoms with Crippen LogP contribution in [0.4, 0.5) is 10.1 Å². The zero-order valence-electron chi connectivity index (χ0n) is 20.6. The molecule has 1 aliphatic rings. The van der Waals surface area contributed by atoms with Gasteiger partial charge in [-0.25, -0.2) is 9.18 Å². The molecule has 0 unspecified atom stereocenters. The van der Waals surface area contributed by atoms with Crippen LogP contribution in [0.25, 0.3) is 17.2 Å². The van der Waals surface area contributed by atoms with E-state index in [0.29, 0.717) is 27.9 Å². The fourth-order valence-electron chi connectivity index (χ4n) is 3.63. The van der Waals surface area contributed by atoms with E-state index in [1.165, 1.54) is 18.2 Å². The highest BCUT2D eigenvalue weighted by Crippen LogP contribution is 2.30. The molecule has 9 heteroatoms. The molecule has 7 nitrogen and oxygen atoms in total. The summed E-state index contributed by atoms with van der Waals surface area (Å²) in [5, 5.41) is 12.0. The molecule has 0 aliphatic carbocycles. The maximum Gasteiger partial charge on any atom is 0.338 e. The number of aliphatic imine (C=N–C) groups is 1. The molecular weight excluding hydrogens is 507 g/mol. The fraction of sp³-hybridized carbons (Fsp3) is 0.172. The number of hydrogen-bond acceptors (Lipinski definition) is 6. The van der Waals surface area contributed by atoms with E-state index in [2.05, 4.69) is 10.3 Å². The highest BCUT2D eigenvalue weighted by molar-refractivity contribution is 8.18. The number of amidine groups is 1. The number of carboxylic acid groups (broad SMARTS) is 1. The molecule has 3 aromatic carbocycles. The summed E-state index contributed by atoms with van der Waals surface area (Å²) < 4.78 is 19.4. The van der Waals surface area contributed by atoms with Gasteiger partial charge in [-0.15, -0.1) is 0 Å². The number of esters is 1. The lowest BCUT2D eigenvalue weighted by Gasteiger charge is -2.07. The first-order chi connectivity index (χ1) is 18.3. The molecule has 0 saturated heterocycles. The molecule has 1 amide bonds. The Morgan fingerprint density at radius 3 is 2.37 bits per heavy atom. The summed E-state index contributed by atoms with van der Waals surface area (Å²) in [6.45, 7) is 2.45. The van der Waals surface area contributed by atoms with Crippen LogP contribution in [0.3, 0.4) is 0 Å². The van der Waals surface area contributed by atoms with Gasteiger partial charge in [0.2, 0.25) is 0 Å². The minimum absolute atomic E-state index is 0.0741. The lowest BCUT2D eigenvalue weighted by Crippen LogP contribution is -2.07. The topological polar surface area (TPSA) is 105 Å². The average Bonchev–Trinajstić information content (AvgIpc) is 3.24. The second-order valence-corrected chi connectivity index (χ2v) is 9.55. The summed E-state index contributed by atoms with van der Waals surface area (Å²) in [5.41, 5.74) is 3.65. The van der Waals surface area contributed by atoms with Gasteiger partial charge in [0, 0.05) is 5.69 Å². The third kappa shape index (κ3) is 6.95. The van der Waals surface area contributed by atoms with E-state index < -0.39 is 24.1 Å². The number of ether oxygens (including phenoxy) is 1. The molecule has 0 radical (unpaired) electrons. The SMILES string of the molecule is CCCCOC(=O)c1ccc(-c2ccc(C=C3SC(Nc4ccc(CC(=O)O)c(F)c4)=NC3=O)cc2)cc1. The van der Waals surface area contributed by atoms with Crippen LogP contribution in [0.1, 0.15) is 41.3 Å². The highest BCUT2D eigenvalue weighted by Gasteiger charge is 2.22. The third-order valence-corrected chi connectivity index (χ3v) is 6.56. The zero-order valence-corrected chi connectivity index (χ0v) is 21.4. The van der Waals surface area contributed by atoms with E-state index in [1.54, 1.807) is 18.2 Å². The van der Waals surface area contributed by atoms with E-state index in [-0.39, 0.29) is 11.5 Å². The van der Waals surface area contributed by atoms with Gasteiger partial charge in [0.15, 0.2) is 5.17 Å². The smallest absolute Gasteiger partial charge is 0.338 e. The summed E-state index contributed by atoms with van der Waals surface area (Å²) >= 11 is 1.13. The number of amides is 1. The van der Waals surface area contributed by atoms with Gasteiger partial charge in [0.25, 0.3) is 5.91 Å². The van der Waals surface area contributed by atoms with Crippen molar-refractivity contribution >= 4 is 46.5 Å². The Kier molecular flexibility index (Phi) is 8.70. The molecule has 0 saturated carbocycles. The predicted molar refractivity (Wildman–Crippen MR) is 146 cm³/mol. The monoisotopic (exact) mass is 532 g/mol. The van der Waals surface area contributed by atoms with Crippen molar-refractivity contribution in [2.24, 2.45) is 4.99 Å². The van der Waals surface area contributed by atoms with Gasteiger partial charge in [-0.2, -0.15) is 4.99 Å². The lowest BCUT2D eigenvalue weighted by molar-refractivity contribution is -0.136. The zero-order chi connectivity index (χ0) is 27.1. The van der Waals surface area contributed by atoms with Crippen molar-refractivity contribution < 1.29 is 28.6 Å². The molecule has 194 valence electrons. The number of carboxylic acids is 1. The van der Waals surface area contributed by atoms with Crippen molar-refractivity contribution in [3.8, 4) is 11.1 Å². The fourth-order valence-corrected chi connectivity index (χ4v) is 4.47. The van der Waals surface area contributed by atoms with Crippen molar-refractivity contribution in [3.05, 3.63) is 94.1 Å². The number of nitrogens with zero attached hydrogens (tertiary/aromatic N) is 1. The van der Waals surface area contributed by atoms with E-state index in [0.717, 1.165) is 41.3 Å². The summed E-state index contributed by atoms with van der Waals surface area (Å²) in [7, 11) is 0. The van der Waals surface area contributed by atoms with E-state index in [4.69, 9.17) is 9.84 Å². The Hall–Kier alpha value is -4.24. The first-order valence-corrected chi connectivity index (χ1v) is 12.8. The third-order valence-electron chi connectivity index (χ3n) is 5.66. The molecule has 3 aromatic rings. The van der Waals surface area contributed by atoms with Crippen molar-refractivity contribution in [3.63, 3.8) is 0 Å². The van der Waals surface area contributed by atoms with Crippen LogP contribution in [-0.2, 0) is 20.7 Å². The van der Waals surface area contributed by atoms with Crippen molar-refractivity contribution in [1.29, 1.82) is 0 Å². The van der Waals surface area contributed by atoms with E-state index in [1.807, 2.05) is 43.3 Å². The van der Waals surface area contributed by atoms with Crippen molar-refractivity contribution in [2.45, 2.75) is 26.2 Å². The molecule has 0 atom stereocenters. The number of rotatable bonds is 9. The number of unbranched alkanes of at least 4 members (excludes halogenated alkanes) is 1. The molecule has 0 aromatic heterocycles. The van der Waals surface area contributed by atoms with Crippen LogP contribution < -0.4 is 5.32 Å². The van der Waals surface area contributed by atoms with Crippen LogP contribution in [0.5, 0.6) is 0 Å². The van der Waals surface area contributed by atoms with Crippen LogP contribution in [0.2, 0.25) is 0 Å². The number of hydrogen-bond donors (Lipinski definition) is 2. The van der Waals surface area contributed by atoms with Gasteiger partial charge in [-0.1, -0.05) is 55.8 Å². The van der Waals surface area contributed by atoms with Crippen LogP contribution in [0, 0.1) is 5.82 Å². The number of aliphatic carboxylic acids is 1. The van der Waals surface area contributed by atoms with Gasteiger partial charge in [0.05, 0.1) is 23.5 Å². The number of carbonyl (C=O) groups is 3. The number of halogens is 1. The first-order valence-electron chi connectivity index (χ1n) is 12.0. The van der Waals surface area contributed by atoms with Gasteiger partial charge in [-0.05, 0) is 70.8 Å². The van der Waals surface area contributed by atoms with Crippen LogP contribution in [-0.4, -0.2) is 34.7 Å². The number of benzene rings is 3. The molecule has 4 rings (SSSR count). The van der Waals surface area contributed by atoms with Gasteiger partial charge in [-0.3, -0.25) is 9.59 Å². The van der Waals surface area contributed by atoms with Crippen LogP contribution >= 0.6 is 11.8 Å². The second kappa shape index (κ2) is 12.3. The summed E-state index contributed by atoms with van der Waals surface area (Å²) in [4.78, 5) is 39.7. The largest absolute Gasteiger partial charge is 0.481 e.